The number of allylic oxidation sites excluding steroid dienone is 1. The molecule has 0 saturated heterocycles. The molecule has 0 saturated carbocycles. The lowest BCUT2D eigenvalue weighted by Gasteiger charge is -2.08. The maximum atomic E-state index is 3.86. The Morgan fingerprint density at radius 2 is 1.89 bits per heavy atom. The summed E-state index contributed by atoms with van der Waals surface area (Å²) in [5.74, 6) is 0. The van der Waals surface area contributed by atoms with Gasteiger partial charge in [-0.05, 0) is 71.7 Å². The molecule has 1 heterocycles. The molecule has 0 atom stereocenters. The number of benzene rings is 2. The minimum atomic E-state index is 0.937. The van der Waals surface area contributed by atoms with E-state index in [-0.39, 0.29) is 0 Å². The number of hydrogen-bond acceptors (Lipinski definition) is 2. The average Bonchev–Trinajstić information content (AvgIpc) is 2.74. The van der Waals surface area contributed by atoms with Gasteiger partial charge in [0.2, 0.25) is 0 Å². The van der Waals surface area contributed by atoms with Crippen molar-refractivity contribution in [2.45, 2.75) is 18.2 Å². The number of hydrogen-bond donors (Lipinski definition) is 0. The standard InChI is InChI=1S/C17H16S2/c1-4-5-12-7-13-8-15-6-11(2)19-17(15)10-14(13)9-16(12)18-3/h4,6-10H,1,5H2,2-3H3. The van der Waals surface area contributed by atoms with Crippen molar-refractivity contribution in [1.82, 2.24) is 0 Å². The van der Waals surface area contributed by atoms with Crippen LogP contribution in [0.4, 0.5) is 0 Å². The Bertz CT molecular complexity index is 766. The van der Waals surface area contributed by atoms with Crippen molar-refractivity contribution in [3.05, 3.63) is 53.4 Å². The van der Waals surface area contributed by atoms with E-state index in [1.54, 1.807) is 0 Å². The van der Waals surface area contributed by atoms with Crippen LogP contribution in [-0.2, 0) is 6.42 Å². The third kappa shape index (κ3) is 2.31. The van der Waals surface area contributed by atoms with E-state index in [9.17, 15) is 0 Å². The van der Waals surface area contributed by atoms with Gasteiger partial charge in [0.05, 0.1) is 0 Å². The van der Waals surface area contributed by atoms with Gasteiger partial charge < -0.3 is 0 Å². The smallest absolute Gasteiger partial charge is 0.0351 e. The molecule has 0 fully saturated rings. The zero-order chi connectivity index (χ0) is 13.4. The van der Waals surface area contributed by atoms with Gasteiger partial charge in [-0.1, -0.05) is 6.08 Å². The Kier molecular flexibility index (Phi) is 3.38. The second kappa shape index (κ2) is 5.03. The highest BCUT2D eigenvalue weighted by Crippen LogP contribution is 2.33. The molecule has 0 bridgehead atoms. The summed E-state index contributed by atoms with van der Waals surface area (Å²) in [6.07, 6.45) is 5.06. The molecular formula is C17H16S2. The van der Waals surface area contributed by atoms with Crippen LogP contribution >= 0.6 is 23.1 Å². The third-order valence-electron chi connectivity index (χ3n) is 3.36. The van der Waals surface area contributed by atoms with E-state index in [0.717, 1.165) is 6.42 Å². The topological polar surface area (TPSA) is 0 Å². The van der Waals surface area contributed by atoms with Crippen molar-refractivity contribution in [3.63, 3.8) is 0 Å². The summed E-state index contributed by atoms with van der Waals surface area (Å²) in [5, 5.41) is 4.03. The summed E-state index contributed by atoms with van der Waals surface area (Å²) in [7, 11) is 0. The first-order valence-electron chi connectivity index (χ1n) is 6.33. The van der Waals surface area contributed by atoms with Crippen LogP contribution in [0.1, 0.15) is 10.4 Å². The van der Waals surface area contributed by atoms with Crippen LogP contribution in [0, 0.1) is 6.92 Å². The molecule has 0 unspecified atom stereocenters. The number of thioether (sulfide) groups is 1. The fraction of sp³-hybridized carbons (Fsp3) is 0.176. The maximum absolute atomic E-state index is 3.86. The number of aryl methyl sites for hydroxylation is 1. The summed E-state index contributed by atoms with van der Waals surface area (Å²) in [4.78, 5) is 2.74. The molecule has 1 aromatic heterocycles. The minimum Gasteiger partial charge on any atom is -0.141 e. The van der Waals surface area contributed by atoms with Gasteiger partial charge in [0.15, 0.2) is 0 Å². The summed E-state index contributed by atoms with van der Waals surface area (Å²) in [6.45, 7) is 6.03. The monoisotopic (exact) mass is 284 g/mol. The predicted molar refractivity (Wildman–Crippen MR) is 89.8 cm³/mol. The Labute approximate surface area is 122 Å². The quantitative estimate of drug-likeness (QED) is 0.432. The van der Waals surface area contributed by atoms with E-state index in [2.05, 4.69) is 50.1 Å². The lowest BCUT2D eigenvalue weighted by Crippen LogP contribution is -1.86. The number of thiophene rings is 1. The summed E-state index contributed by atoms with van der Waals surface area (Å²) in [5.41, 5.74) is 1.38. The Morgan fingerprint density at radius 3 is 2.63 bits per heavy atom. The Hall–Kier alpha value is -1.25. The summed E-state index contributed by atoms with van der Waals surface area (Å²) in [6, 6.07) is 11.5. The van der Waals surface area contributed by atoms with Gasteiger partial charge in [-0.15, -0.1) is 29.7 Å². The number of fused-ring (bicyclic) bond motifs is 2. The van der Waals surface area contributed by atoms with Crippen LogP contribution in [0.3, 0.4) is 0 Å². The molecular weight excluding hydrogens is 268 g/mol. The molecule has 96 valence electrons. The molecule has 2 aromatic carbocycles. The zero-order valence-electron chi connectivity index (χ0n) is 11.2. The van der Waals surface area contributed by atoms with Crippen molar-refractivity contribution in [3.8, 4) is 0 Å². The van der Waals surface area contributed by atoms with Crippen molar-refractivity contribution in [2.75, 3.05) is 6.26 Å². The first kappa shape index (κ1) is 12.8. The van der Waals surface area contributed by atoms with Gasteiger partial charge in [0.25, 0.3) is 0 Å². The fourth-order valence-electron chi connectivity index (χ4n) is 2.50. The zero-order valence-corrected chi connectivity index (χ0v) is 12.8. The Morgan fingerprint density at radius 1 is 1.11 bits per heavy atom. The van der Waals surface area contributed by atoms with Gasteiger partial charge in [0.1, 0.15) is 0 Å². The molecule has 0 radical (unpaired) electrons. The molecule has 0 N–H and O–H groups in total. The van der Waals surface area contributed by atoms with E-state index in [0.29, 0.717) is 0 Å². The molecule has 3 rings (SSSR count). The maximum Gasteiger partial charge on any atom is 0.0351 e. The number of rotatable bonds is 3. The SMILES string of the molecule is C=CCc1cc2cc3cc(C)sc3cc2cc1SC. The lowest BCUT2D eigenvalue weighted by molar-refractivity contribution is 1.20. The molecule has 0 amide bonds. The molecule has 0 aliphatic heterocycles. The van der Waals surface area contributed by atoms with E-state index >= 15 is 0 Å². The van der Waals surface area contributed by atoms with Crippen LogP contribution in [0.15, 0.2) is 47.9 Å². The van der Waals surface area contributed by atoms with Crippen molar-refractivity contribution >= 4 is 44.0 Å². The first-order valence-corrected chi connectivity index (χ1v) is 8.37. The normalized spacial score (nSPS) is 11.3. The van der Waals surface area contributed by atoms with E-state index in [1.807, 2.05) is 29.2 Å². The average molecular weight is 284 g/mol. The van der Waals surface area contributed by atoms with Gasteiger partial charge in [-0.25, -0.2) is 0 Å². The lowest BCUT2D eigenvalue weighted by atomic mass is 10.0. The van der Waals surface area contributed by atoms with Crippen LogP contribution in [-0.4, -0.2) is 6.26 Å². The molecule has 2 heteroatoms. The largest absolute Gasteiger partial charge is 0.141 e. The highest BCUT2D eigenvalue weighted by atomic mass is 32.2. The van der Waals surface area contributed by atoms with Gasteiger partial charge in [-0.3, -0.25) is 0 Å². The molecule has 19 heavy (non-hydrogen) atoms. The van der Waals surface area contributed by atoms with Crippen LogP contribution in [0.5, 0.6) is 0 Å². The Balaban J connectivity index is 2.30. The van der Waals surface area contributed by atoms with E-state index < -0.39 is 0 Å². The van der Waals surface area contributed by atoms with Gasteiger partial charge >= 0.3 is 0 Å². The van der Waals surface area contributed by atoms with E-state index in [1.165, 1.54) is 36.2 Å². The molecule has 0 nitrogen and oxygen atoms in total. The van der Waals surface area contributed by atoms with Crippen molar-refractivity contribution in [1.29, 1.82) is 0 Å². The second-order valence-electron chi connectivity index (χ2n) is 4.75. The first-order chi connectivity index (χ1) is 9.21. The highest BCUT2D eigenvalue weighted by molar-refractivity contribution is 7.98. The molecule has 3 aromatic rings. The molecule has 0 spiro atoms. The van der Waals surface area contributed by atoms with Gasteiger partial charge in [-0.2, -0.15) is 0 Å². The minimum absolute atomic E-state index is 0.937. The third-order valence-corrected chi connectivity index (χ3v) is 5.20. The van der Waals surface area contributed by atoms with Crippen molar-refractivity contribution < 1.29 is 0 Å². The van der Waals surface area contributed by atoms with Gasteiger partial charge in [0, 0.05) is 14.5 Å². The highest BCUT2D eigenvalue weighted by Gasteiger charge is 2.06. The fourth-order valence-corrected chi connectivity index (χ4v) is 4.10. The molecule has 0 aliphatic carbocycles. The second-order valence-corrected chi connectivity index (χ2v) is 6.89. The van der Waals surface area contributed by atoms with Crippen molar-refractivity contribution in [2.24, 2.45) is 0 Å². The summed E-state index contributed by atoms with van der Waals surface area (Å²) >= 11 is 3.69. The summed E-state index contributed by atoms with van der Waals surface area (Å²) < 4.78 is 1.38. The van der Waals surface area contributed by atoms with Crippen LogP contribution < -0.4 is 0 Å². The predicted octanol–water partition coefficient (Wildman–Crippen LogP) is 5.81. The molecule has 0 aliphatic rings. The van der Waals surface area contributed by atoms with Crippen LogP contribution in [0.25, 0.3) is 20.9 Å². The van der Waals surface area contributed by atoms with Crippen LogP contribution in [0.2, 0.25) is 0 Å². The van der Waals surface area contributed by atoms with E-state index in [4.69, 9.17) is 0 Å².